The molecule has 13 aromatic rings. The third kappa shape index (κ3) is 50.0. The van der Waals surface area contributed by atoms with Gasteiger partial charge in [-0.2, -0.15) is 0 Å². The van der Waals surface area contributed by atoms with Gasteiger partial charge in [0.2, 0.25) is 0 Å². The normalized spacial score (nSPS) is 12.1. The molecule has 1 aliphatic rings. The van der Waals surface area contributed by atoms with Gasteiger partial charge in [0, 0.05) is 29.0 Å². The van der Waals surface area contributed by atoms with Gasteiger partial charge in [-0.05, 0) is 217 Å². The lowest BCUT2D eigenvalue weighted by atomic mass is 9.78. The number of hydrogen-bond donors (Lipinski definition) is 2. The lowest BCUT2D eigenvalue weighted by molar-refractivity contribution is 0.240. The predicted octanol–water partition coefficient (Wildman–Crippen LogP) is 37.3. The molecule has 0 saturated heterocycles. The van der Waals surface area contributed by atoms with Crippen molar-refractivity contribution in [3.05, 3.63) is 342 Å². The molecule has 0 spiro atoms. The van der Waals surface area contributed by atoms with Crippen molar-refractivity contribution in [3.8, 4) is 22.3 Å². The average molecular weight is 1680 g/mol. The number of H-pyrrole nitrogens is 2. The summed E-state index contributed by atoms with van der Waals surface area (Å²) in [5.41, 5.74) is 22.0. The van der Waals surface area contributed by atoms with E-state index in [9.17, 15) is 0 Å². The largest absolute Gasteiger partial charge is 0.361 e. The first-order valence-electron chi connectivity index (χ1n) is 47.9. The van der Waals surface area contributed by atoms with E-state index >= 15 is 0 Å². The molecule has 1 saturated carbocycles. The van der Waals surface area contributed by atoms with Crippen LogP contribution in [-0.2, 0) is 51.4 Å². The Hall–Kier alpha value is -9.31. The summed E-state index contributed by atoms with van der Waals surface area (Å²) in [5.74, 6) is 1.05. The van der Waals surface area contributed by atoms with Crippen LogP contribution in [0.5, 0.6) is 0 Å². The van der Waals surface area contributed by atoms with E-state index in [1.54, 1.807) is 6.33 Å². The molecule has 2 aromatic heterocycles. The Kier molecular flexibility index (Phi) is 48.4. The van der Waals surface area contributed by atoms with E-state index < -0.39 is 0 Å². The molecule has 676 valence electrons. The Bertz CT molecular complexity index is 4850. The summed E-state index contributed by atoms with van der Waals surface area (Å²) in [7, 11) is 0. The molecule has 1 aliphatic carbocycles. The van der Waals surface area contributed by atoms with Crippen molar-refractivity contribution >= 4 is 32.4 Å². The number of benzene rings is 11. The van der Waals surface area contributed by atoms with E-state index in [0.717, 1.165) is 38.0 Å². The van der Waals surface area contributed by atoms with Crippen LogP contribution in [0.1, 0.15) is 308 Å². The maximum Gasteiger partial charge on any atom is 0.0921 e. The highest BCUT2D eigenvalue weighted by Crippen LogP contribution is 2.35. The van der Waals surface area contributed by atoms with Crippen molar-refractivity contribution in [3.63, 3.8) is 0 Å². The SMILES string of the molecule is CC(C)(C)CC1CCCCC1.CC(C)(C)CCc1ccc(-c2ccccc2)cc1.CC(C)(C)CCc1ccccc1.CC(C)(C)Cc1ccc(-c2ccccc2)cc1.CC(C)(C)Cc1ccc2ccccc2c1.CC(C)(C)Cc1cccc2ccccc12.CCC.CCC.CCc1c[nH]c2ccccc12.CCc1cnc[nH]1.Cc1ccc(CCC(C)(C)C)cc1. The van der Waals surface area contributed by atoms with Crippen molar-refractivity contribution in [2.75, 3.05) is 0 Å². The van der Waals surface area contributed by atoms with E-state index in [1.807, 2.05) is 6.20 Å². The van der Waals surface area contributed by atoms with Crippen LogP contribution in [0, 0.1) is 50.7 Å². The lowest BCUT2D eigenvalue weighted by Crippen LogP contribution is -2.15. The highest BCUT2D eigenvalue weighted by atomic mass is 14.9. The van der Waals surface area contributed by atoms with Gasteiger partial charge in [-0.25, -0.2) is 4.98 Å². The number of nitrogens with one attached hydrogen (secondary N) is 2. The third-order valence-corrected chi connectivity index (χ3v) is 21.1. The van der Waals surface area contributed by atoms with E-state index in [4.69, 9.17) is 0 Å². The minimum absolute atomic E-state index is 0.351. The Balaban J connectivity index is 0.000000295. The lowest BCUT2D eigenvalue weighted by Gasteiger charge is -2.28. The van der Waals surface area contributed by atoms with Crippen LogP contribution in [-0.4, -0.2) is 15.0 Å². The molecule has 14 rings (SSSR count). The van der Waals surface area contributed by atoms with Crippen LogP contribution in [0.25, 0.3) is 54.7 Å². The highest BCUT2D eigenvalue weighted by molar-refractivity contribution is 5.86. The van der Waals surface area contributed by atoms with Gasteiger partial charge < -0.3 is 9.97 Å². The fourth-order valence-electron chi connectivity index (χ4n) is 14.6. The summed E-state index contributed by atoms with van der Waals surface area (Å²) in [6.07, 6.45) is 29.9. The van der Waals surface area contributed by atoms with Crippen LogP contribution < -0.4 is 0 Å². The first kappa shape index (κ1) is 108. The van der Waals surface area contributed by atoms with Gasteiger partial charge in [-0.1, -0.05) is 504 Å². The van der Waals surface area contributed by atoms with Crippen LogP contribution in [0.4, 0.5) is 0 Å². The first-order chi connectivity index (χ1) is 59.0. The zero-order chi connectivity index (χ0) is 92.5. The number of aryl methyl sites for hydroxylation is 6. The van der Waals surface area contributed by atoms with Gasteiger partial charge in [-0.3, -0.25) is 0 Å². The van der Waals surface area contributed by atoms with Crippen molar-refractivity contribution < 1.29 is 0 Å². The first-order valence-corrected chi connectivity index (χ1v) is 47.9. The zero-order valence-corrected chi connectivity index (χ0v) is 84.2. The summed E-state index contributed by atoms with van der Waals surface area (Å²) in [6, 6.07) is 97.4. The van der Waals surface area contributed by atoms with Crippen LogP contribution in [0.3, 0.4) is 0 Å². The Morgan fingerprint density at radius 1 is 0.304 bits per heavy atom. The average Bonchev–Trinajstić information content (AvgIpc) is 1.64. The molecule has 2 N–H and O–H groups in total. The van der Waals surface area contributed by atoms with Crippen molar-refractivity contribution in [2.24, 2.45) is 43.8 Å². The number of hydrogen-bond acceptors (Lipinski definition) is 1. The van der Waals surface area contributed by atoms with Gasteiger partial charge in [0.1, 0.15) is 0 Å². The number of rotatable bonds is 14. The van der Waals surface area contributed by atoms with Crippen molar-refractivity contribution in [1.29, 1.82) is 0 Å². The maximum atomic E-state index is 3.84. The number of imidazole rings is 1. The number of aromatic amines is 2. The highest BCUT2D eigenvalue weighted by Gasteiger charge is 2.21. The smallest absolute Gasteiger partial charge is 0.0921 e. The zero-order valence-electron chi connectivity index (χ0n) is 84.2. The van der Waals surface area contributed by atoms with E-state index in [1.165, 1.54) is 195 Å². The fourth-order valence-corrected chi connectivity index (χ4v) is 14.6. The molecule has 125 heavy (non-hydrogen) atoms. The molecule has 0 aliphatic heterocycles. The van der Waals surface area contributed by atoms with Gasteiger partial charge in [-0.15, -0.1) is 0 Å². The molecule has 1 fully saturated rings. The number of nitrogens with zero attached hydrogens (tertiary/aromatic N) is 1. The molecule has 0 bridgehead atoms. The third-order valence-electron chi connectivity index (χ3n) is 21.1. The minimum Gasteiger partial charge on any atom is -0.361 e. The van der Waals surface area contributed by atoms with Crippen molar-refractivity contribution in [1.82, 2.24) is 15.0 Å². The maximum absolute atomic E-state index is 3.84. The topological polar surface area (TPSA) is 44.5 Å². The van der Waals surface area contributed by atoms with E-state index in [0.29, 0.717) is 37.9 Å². The standard InChI is InChI=1S/C18H22.C17H20.2C15H18.C13H20.C12H18.C11H22.C10H11N.C5H8N2.2C3H8/c1-18(2,3)14-13-15-9-11-17(12-10-15)16-7-5-4-6-8-16;1-17(2,3)13-14-9-11-16(12-10-14)15-7-5-4-6-8-15;1-15(2,3)11-13-9-6-8-12-7-4-5-10-14(12)13;1-15(2,3)11-12-8-9-13-6-4-5-7-14(13)10-12;1-11-5-7-12(8-6-11)9-10-13(2,3)4;1-12(2,3)10-9-11-7-5-4-6-8-11;1-11(2,3)9-10-7-5-4-6-8-10;1-2-8-7-11-10-6-4-3-5-9(8)10;1-2-5-3-6-4-7-5;2*1-3-2/h4-12H,13-14H2,1-3H3;4-12H,13H2,1-3H3;2*4-10H,11H2,1-3H3;5-8H,9-10H2,1-4H3;4-8H,9-10H2,1-3H3;10H,4-9H2,1-3H3;3-7,11H,2H2,1H3;3-4H,2H2,1H3,(H,6,7);2*3H2,1-2H3. The van der Waals surface area contributed by atoms with Crippen LogP contribution in [0.15, 0.2) is 292 Å². The monoisotopic (exact) mass is 1680 g/mol. The van der Waals surface area contributed by atoms with Gasteiger partial charge in [0.15, 0.2) is 0 Å². The minimum atomic E-state index is 0.351. The predicted molar refractivity (Wildman–Crippen MR) is 560 cm³/mol. The summed E-state index contributed by atoms with van der Waals surface area (Å²) < 4.78 is 0. The Labute approximate surface area is 766 Å². The molecule has 3 nitrogen and oxygen atoms in total. The summed E-state index contributed by atoms with van der Waals surface area (Å²) in [5, 5.41) is 6.78. The second-order valence-corrected chi connectivity index (χ2v) is 43.1. The molecule has 2 heterocycles. The summed E-state index contributed by atoms with van der Waals surface area (Å²) in [4.78, 5) is 10.1. The van der Waals surface area contributed by atoms with Crippen molar-refractivity contribution in [2.45, 2.75) is 316 Å². The second-order valence-electron chi connectivity index (χ2n) is 43.1. The van der Waals surface area contributed by atoms with Gasteiger partial charge >= 0.3 is 0 Å². The second kappa shape index (κ2) is 56.0. The quantitative estimate of drug-likeness (QED) is 0.112. The number of fused-ring (bicyclic) bond motifs is 3. The van der Waals surface area contributed by atoms with Gasteiger partial charge in [0.05, 0.1) is 6.33 Å². The Morgan fingerprint density at radius 3 is 1.12 bits per heavy atom. The molecule has 0 radical (unpaired) electrons. The fraction of sp³-hybridized carbons (Fsp3) is 0.451. The molecule has 0 unspecified atom stereocenters. The van der Waals surface area contributed by atoms with Gasteiger partial charge in [0.25, 0.3) is 0 Å². The van der Waals surface area contributed by atoms with Crippen LogP contribution in [0.2, 0.25) is 0 Å². The number of aromatic nitrogens is 3. The molecular formula is C122H173N3. The molecular weight excluding hydrogens is 1510 g/mol. The van der Waals surface area contributed by atoms with Crippen LogP contribution >= 0.6 is 0 Å². The molecule has 0 amide bonds. The van der Waals surface area contributed by atoms with E-state index in [-0.39, 0.29) is 0 Å². The molecule has 11 aromatic carbocycles. The molecule has 0 atom stereocenters. The molecule has 3 heteroatoms. The van der Waals surface area contributed by atoms with E-state index in [2.05, 4.69) is 488 Å². The summed E-state index contributed by atoms with van der Waals surface area (Å²) >= 11 is 0. The number of para-hydroxylation sites is 1. The Morgan fingerprint density at radius 2 is 0.688 bits per heavy atom. The summed E-state index contributed by atoms with van der Waals surface area (Å²) in [6.45, 7) is 63.1.